The molecule has 5 nitrogen and oxygen atoms in total. The molecule has 0 spiro atoms. The molecule has 2 N–H and O–H groups in total. The van der Waals surface area contributed by atoms with Crippen LogP contribution in [-0.4, -0.2) is 24.1 Å². The van der Waals surface area contributed by atoms with Gasteiger partial charge in [-0.1, -0.05) is 12.1 Å². The Morgan fingerprint density at radius 3 is 2.67 bits per heavy atom. The van der Waals surface area contributed by atoms with Crippen molar-refractivity contribution in [2.75, 3.05) is 7.11 Å². The third-order valence-corrected chi connectivity index (χ3v) is 3.96. The average Bonchev–Trinajstić information content (AvgIpc) is 2.98. The average molecular weight is 305 g/mol. The van der Waals surface area contributed by atoms with Crippen LogP contribution in [0.4, 0.5) is 0 Å². The third-order valence-electron chi connectivity index (χ3n) is 3.02. The van der Waals surface area contributed by atoms with Crippen LogP contribution in [0.15, 0.2) is 35.7 Å². The SMILES string of the molecule is COc1cc(C(=O)NC(C(=O)O)c2cccs2)ccc1C. The number of nitrogens with one attached hydrogen (secondary N) is 1. The molecular weight excluding hydrogens is 290 g/mol. The Hall–Kier alpha value is -2.34. The summed E-state index contributed by atoms with van der Waals surface area (Å²) in [7, 11) is 1.52. The van der Waals surface area contributed by atoms with Crippen LogP contribution in [0.3, 0.4) is 0 Å². The number of carboxylic acid groups (broad SMARTS) is 1. The van der Waals surface area contributed by atoms with Gasteiger partial charge in [-0.2, -0.15) is 0 Å². The van der Waals surface area contributed by atoms with Gasteiger partial charge in [-0.25, -0.2) is 4.79 Å². The van der Waals surface area contributed by atoms with Crippen LogP contribution in [0.2, 0.25) is 0 Å². The van der Waals surface area contributed by atoms with Crippen molar-refractivity contribution in [2.45, 2.75) is 13.0 Å². The first-order valence-electron chi connectivity index (χ1n) is 6.24. The van der Waals surface area contributed by atoms with Gasteiger partial charge in [0.2, 0.25) is 0 Å². The summed E-state index contributed by atoms with van der Waals surface area (Å²) in [6, 6.07) is 7.37. The van der Waals surface area contributed by atoms with E-state index in [0.29, 0.717) is 16.2 Å². The molecule has 0 aliphatic rings. The fourth-order valence-corrected chi connectivity index (χ4v) is 2.65. The van der Waals surface area contributed by atoms with Crippen molar-refractivity contribution in [3.05, 3.63) is 51.7 Å². The molecule has 1 unspecified atom stereocenters. The number of hydrogen-bond acceptors (Lipinski definition) is 4. The van der Waals surface area contributed by atoms with Gasteiger partial charge in [0.05, 0.1) is 7.11 Å². The second-order valence-electron chi connectivity index (χ2n) is 4.44. The minimum atomic E-state index is -1.09. The molecule has 21 heavy (non-hydrogen) atoms. The van der Waals surface area contributed by atoms with Crippen LogP contribution in [-0.2, 0) is 4.79 Å². The maximum atomic E-state index is 12.2. The molecule has 0 saturated heterocycles. The number of carbonyl (C=O) groups excluding carboxylic acids is 1. The number of rotatable bonds is 5. The minimum absolute atomic E-state index is 0.361. The summed E-state index contributed by atoms with van der Waals surface area (Å²) in [5.74, 6) is -0.954. The van der Waals surface area contributed by atoms with Gasteiger partial charge >= 0.3 is 5.97 Å². The monoisotopic (exact) mass is 305 g/mol. The van der Waals surface area contributed by atoms with Crippen molar-refractivity contribution < 1.29 is 19.4 Å². The van der Waals surface area contributed by atoms with Gasteiger partial charge in [-0.05, 0) is 36.1 Å². The number of aryl methyl sites for hydroxylation is 1. The molecule has 1 aromatic carbocycles. The normalized spacial score (nSPS) is 11.7. The van der Waals surface area contributed by atoms with Crippen molar-refractivity contribution in [3.8, 4) is 5.75 Å². The van der Waals surface area contributed by atoms with Crippen LogP contribution in [0.1, 0.15) is 26.8 Å². The van der Waals surface area contributed by atoms with Gasteiger partial charge in [0.1, 0.15) is 5.75 Å². The first-order valence-corrected chi connectivity index (χ1v) is 7.12. The molecule has 1 atom stereocenters. The number of methoxy groups -OCH3 is 1. The molecular formula is C15H15NO4S. The Balaban J connectivity index is 2.22. The maximum absolute atomic E-state index is 12.2. The fraction of sp³-hybridized carbons (Fsp3) is 0.200. The third kappa shape index (κ3) is 3.41. The van der Waals surface area contributed by atoms with Crippen LogP contribution < -0.4 is 10.1 Å². The van der Waals surface area contributed by atoms with E-state index in [2.05, 4.69) is 5.32 Å². The highest BCUT2D eigenvalue weighted by molar-refractivity contribution is 7.10. The number of thiophene rings is 1. The lowest BCUT2D eigenvalue weighted by molar-refractivity contribution is -0.139. The van der Waals surface area contributed by atoms with E-state index in [-0.39, 0.29) is 0 Å². The van der Waals surface area contributed by atoms with E-state index in [4.69, 9.17) is 4.74 Å². The summed E-state index contributed by atoms with van der Waals surface area (Å²) in [6.45, 7) is 1.87. The summed E-state index contributed by atoms with van der Waals surface area (Å²) >= 11 is 1.29. The van der Waals surface area contributed by atoms with Gasteiger partial charge in [0, 0.05) is 10.4 Å². The number of hydrogen-bond donors (Lipinski definition) is 2. The Kier molecular flexibility index (Phi) is 4.59. The predicted molar refractivity (Wildman–Crippen MR) is 79.9 cm³/mol. The van der Waals surface area contributed by atoms with Crippen molar-refractivity contribution in [1.29, 1.82) is 0 Å². The smallest absolute Gasteiger partial charge is 0.331 e. The zero-order valence-electron chi connectivity index (χ0n) is 11.6. The number of ether oxygens (including phenoxy) is 1. The zero-order valence-corrected chi connectivity index (χ0v) is 12.4. The van der Waals surface area contributed by atoms with Crippen LogP contribution in [0.25, 0.3) is 0 Å². The Labute approximate surface area is 126 Å². The van der Waals surface area contributed by atoms with Gasteiger partial charge in [0.25, 0.3) is 5.91 Å². The molecule has 6 heteroatoms. The quantitative estimate of drug-likeness (QED) is 0.890. The second kappa shape index (κ2) is 6.41. The molecule has 0 bridgehead atoms. The van der Waals surface area contributed by atoms with Crippen molar-refractivity contribution in [3.63, 3.8) is 0 Å². The Morgan fingerprint density at radius 1 is 1.33 bits per heavy atom. The standard InChI is InChI=1S/C15H15NO4S/c1-9-5-6-10(8-11(9)20-2)14(17)16-13(15(18)19)12-4-3-7-21-12/h3-8,13H,1-2H3,(H,16,17)(H,18,19). The molecule has 2 rings (SSSR count). The summed E-state index contributed by atoms with van der Waals surface area (Å²) < 4.78 is 5.17. The Morgan fingerprint density at radius 2 is 2.10 bits per heavy atom. The van der Waals surface area contributed by atoms with E-state index in [1.165, 1.54) is 18.4 Å². The first-order chi connectivity index (χ1) is 10.0. The largest absolute Gasteiger partial charge is 0.496 e. The fourth-order valence-electron chi connectivity index (χ4n) is 1.89. The number of carboxylic acids is 1. The highest BCUT2D eigenvalue weighted by Crippen LogP contribution is 2.22. The summed E-state index contributed by atoms with van der Waals surface area (Å²) in [5, 5.41) is 13.5. The van der Waals surface area contributed by atoms with Crippen molar-refractivity contribution >= 4 is 23.2 Å². The lowest BCUT2D eigenvalue weighted by Crippen LogP contribution is -2.33. The molecule has 1 aromatic heterocycles. The molecule has 0 saturated carbocycles. The number of benzene rings is 1. The van der Waals surface area contributed by atoms with E-state index in [1.807, 2.05) is 6.92 Å². The van der Waals surface area contributed by atoms with Crippen LogP contribution in [0.5, 0.6) is 5.75 Å². The van der Waals surface area contributed by atoms with Gasteiger partial charge in [-0.15, -0.1) is 11.3 Å². The van der Waals surface area contributed by atoms with Crippen LogP contribution in [0, 0.1) is 6.92 Å². The number of aliphatic carboxylic acids is 1. The van der Waals surface area contributed by atoms with Crippen molar-refractivity contribution in [1.82, 2.24) is 5.32 Å². The van der Waals surface area contributed by atoms with Gasteiger partial charge < -0.3 is 15.2 Å². The highest BCUT2D eigenvalue weighted by Gasteiger charge is 2.23. The van der Waals surface area contributed by atoms with Crippen LogP contribution >= 0.6 is 11.3 Å². The predicted octanol–water partition coefficient (Wildman–Crippen LogP) is 2.62. The highest BCUT2D eigenvalue weighted by atomic mass is 32.1. The molecule has 1 amide bonds. The molecule has 0 aliphatic carbocycles. The summed E-state index contributed by atoms with van der Waals surface area (Å²) in [5.41, 5.74) is 1.27. The summed E-state index contributed by atoms with van der Waals surface area (Å²) in [4.78, 5) is 24.1. The molecule has 0 radical (unpaired) electrons. The first kappa shape index (κ1) is 15.1. The number of amides is 1. The molecule has 0 aliphatic heterocycles. The minimum Gasteiger partial charge on any atom is -0.496 e. The molecule has 2 aromatic rings. The number of carbonyl (C=O) groups is 2. The summed E-state index contributed by atoms with van der Waals surface area (Å²) in [6.07, 6.45) is 0. The van der Waals surface area contributed by atoms with E-state index in [9.17, 15) is 14.7 Å². The van der Waals surface area contributed by atoms with E-state index < -0.39 is 17.9 Å². The van der Waals surface area contributed by atoms with E-state index >= 15 is 0 Å². The van der Waals surface area contributed by atoms with E-state index in [1.54, 1.807) is 35.7 Å². The maximum Gasteiger partial charge on any atom is 0.331 e. The van der Waals surface area contributed by atoms with Crippen molar-refractivity contribution in [2.24, 2.45) is 0 Å². The second-order valence-corrected chi connectivity index (χ2v) is 5.42. The van der Waals surface area contributed by atoms with Gasteiger partial charge in [0.15, 0.2) is 6.04 Å². The molecule has 0 fully saturated rings. The molecule has 1 heterocycles. The molecule has 110 valence electrons. The lowest BCUT2D eigenvalue weighted by Gasteiger charge is -2.14. The zero-order chi connectivity index (χ0) is 15.4. The topological polar surface area (TPSA) is 75.6 Å². The Bertz CT molecular complexity index is 652. The van der Waals surface area contributed by atoms with E-state index in [0.717, 1.165) is 5.56 Å². The lowest BCUT2D eigenvalue weighted by atomic mass is 10.1. The van der Waals surface area contributed by atoms with Gasteiger partial charge in [-0.3, -0.25) is 4.79 Å².